The maximum atomic E-state index is 12.5. The van der Waals surface area contributed by atoms with Crippen LogP contribution < -0.4 is 4.74 Å². The van der Waals surface area contributed by atoms with E-state index in [1.165, 1.54) is 18.2 Å². The molecule has 0 aliphatic heterocycles. The summed E-state index contributed by atoms with van der Waals surface area (Å²) in [6.45, 7) is -1.72. The summed E-state index contributed by atoms with van der Waals surface area (Å²) in [5, 5.41) is 0.228. The molecule has 0 heterocycles. The number of hydrogen-bond donors (Lipinski definition) is 0. The number of alkyl halides is 4. The van der Waals surface area contributed by atoms with Crippen molar-refractivity contribution in [2.24, 2.45) is 0 Å². The number of carbonyl (C=O) groups excluding carboxylic acids is 2. The topological polar surface area (TPSA) is 52.6 Å². The molecule has 0 bridgehead atoms. The summed E-state index contributed by atoms with van der Waals surface area (Å²) in [5.41, 5.74) is 0. The van der Waals surface area contributed by atoms with Gasteiger partial charge in [0.2, 0.25) is 0 Å². The molecule has 24 heavy (non-hydrogen) atoms. The highest BCUT2D eigenvalue weighted by Gasteiger charge is 2.42. The summed E-state index contributed by atoms with van der Waals surface area (Å²) >= 11 is 11.6. The fraction of sp³-hybridized carbons (Fsp3) is 0.429. The molecular formula is C14H12Cl2F4O4. The molecule has 0 aliphatic rings. The van der Waals surface area contributed by atoms with E-state index in [1.807, 2.05) is 0 Å². The van der Waals surface area contributed by atoms with Crippen LogP contribution in [0.1, 0.15) is 19.3 Å². The molecule has 0 amide bonds. The number of rotatable bonds is 8. The Labute approximate surface area is 144 Å². The molecule has 0 saturated carbocycles. The third kappa shape index (κ3) is 6.52. The highest BCUT2D eigenvalue weighted by Crippen LogP contribution is 2.31. The SMILES string of the molecule is O=C(CCCC(=O)Oc1cccc(Cl)c1Cl)OCC(F)(F)C(F)F. The molecule has 0 fully saturated rings. The Morgan fingerprint density at radius 2 is 1.75 bits per heavy atom. The zero-order valence-corrected chi connectivity index (χ0v) is 13.6. The normalized spacial score (nSPS) is 11.5. The van der Waals surface area contributed by atoms with Gasteiger partial charge in [-0.1, -0.05) is 29.3 Å². The van der Waals surface area contributed by atoms with Crippen LogP contribution in [0.3, 0.4) is 0 Å². The minimum absolute atomic E-state index is 0.0355. The average molecular weight is 391 g/mol. The van der Waals surface area contributed by atoms with Crippen LogP contribution in [-0.4, -0.2) is 30.9 Å². The van der Waals surface area contributed by atoms with Gasteiger partial charge in [0.05, 0.1) is 5.02 Å². The van der Waals surface area contributed by atoms with Crippen molar-refractivity contribution in [2.75, 3.05) is 6.61 Å². The second kappa shape index (κ2) is 9.08. The lowest BCUT2D eigenvalue weighted by Crippen LogP contribution is -2.33. The van der Waals surface area contributed by atoms with Crippen LogP contribution >= 0.6 is 23.2 Å². The molecule has 10 heteroatoms. The van der Waals surface area contributed by atoms with E-state index >= 15 is 0 Å². The fourth-order valence-corrected chi connectivity index (χ4v) is 1.76. The standard InChI is InChI=1S/C14H12Cl2F4O4/c15-8-3-1-4-9(12(8)16)24-11(22)6-2-5-10(21)23-7-14(19,20)13(17)18/h1,3-4,13H,2,5-7H2. The molecular weight excluding hydrogens is 379 g/mol. The van der Waals surface area contributed by atoms with Crippen molar-refractivity contribution >= 4 is 35.1 Å². The summed E-state index contributed by atoms with van der Waals surface area (Å²) in [6, 6.07) is 4.41. The largest absolute Gasteiger partial charge is 0.459 e. The minimum atomic E-state index is -4.40. The Kier molecular flexibility index (Phi) is 7.75. The van der Waals surface area contributed by atoms with Gasteiger partial charge in [0.25, 0.3) is 0 Å². The first kappa shape index (κ1) is 20.5. The molecule has 1 aromatic rings. The summed E-state index contributed by atoms with van der Waals surface area (Å²) < 4.78 is 57.8. The molecule has 0 aromatic heterocycles. The molecule has 0 N–H and O–H groups in total. The van der Waals surface area contributed by atoms with Crippen LogP contribution in [0.2, 0.25) is 10.0 Å². The van der Waals surface area contributed by atoms with Crippen molar-refractivity contribution in [3.05, 3.63) is 28.2 Å². The second-order valence-electron chi connectivity index (χ2n) is 4.60. The zero-order chi connectivity index (χ0) is 18.3. The lowest BCUT2D eigenvalue weighted by atomic mass is 10.2. The molecule has 0 saturated heterocycles. The molecule has 134 valence electrons. The van der Waals surface area contributed by atoms with Gasteiger partial charge in [-0.05, 0) is 18.6 Å². The van der Waals surface area contributed by atoms with Gasteiger partial charge in [-0.3, -0.25) is 9.59 Å². The summed E-state index contributed by atoms with van der Waals surface area (Å²) in [6.07, 6.45) is -4.64. The Morgan fingerprint density at radius 1 is 1.12 bits per heavy atom. The smallest absolute Gasteiger partial charge is 0.340 e. The first-order chi connectivity index (χ1) is 11.1. The van der Waals surface area contributed by atoms with Crippen LogP contribution in [0.4, 0.5) is 17.6 Å². The van der Waals surface area contributed by atoms with Crippen LogP contribution in [0, 0.1) is 0 Å². The number of ether oxygens (including phenoxy) is 2. The molecule has 1 aromatic carbocycles. The predicted octanol–water partition coefficient (Wildman–Crippen LogP) is 4.51. The van der Waals surface area contributed by atoms with Crippen molar-refractivity contribution in [1.29, 1.82) is 0 Å². The highest BCUT2D eigenvalue weighted by molar-refractivity contribution is 6.43. The average Bonchev–Trinajstić information content (AvgIpc) is 2.50. The van der Waals surface area contributed by atoms with E-state index in [1.54, 1.807) is 0 Å². The number of halogens is 6. The van der Waals surface area contributed by atoms with Crippen molar-refractivity contribution in [3.8, 4) is 5.75 Å². The Bertz CT molecular complexity index is 596. The van der Waals surface area contributed by atoms with E-state index in [0.717, 1.165) is 0 Å². The highest BCUT2D eigenvalue weighted by atomic mass is 35.5. The molecule has 0 radical (unpaired) electrons. The third-order valence-electron chi connectivity index (χ3n) is 2.65. The molecule has 4 nitrogen and oxygen atoms in total. The van der Waals surface area contributed by atoms with E-state index < -0.39 is 37.3 Å². The summed E-state index contributed by atoms with van der Waals surface area (Å²) in [4.78, 5) is 22.7. The first-order valence-electron chi connectivity index (χ1n) is 6.60. The summed E-state index contributed by atoms with van der Waals surface area (Å²) in [7, 11) is 0. The number of benzene rings is 1. The van der Waals surface area contributed by atoms with Crippen molar-refractivity contribution in [1.82, 2.24) is 0 Å². The van der Waals surface area contributed by atoms with Gasteiger partial charge in [0.1, 0.15) is 5.02 Å². The summed E-state index contributed by atoms with van der Waals surface area (Å²) in [5.74, 6) is -6.22. The number of hydrogen-bond acceptors (Lipinski definition) is 4. The Morgan fingerprint density at radius 3 is 2.38 bits per heavy atom. The van der Waals surface area contributed by atoms with Gasteiger partial charge in [0.15, 0.2) is 12.4 Å². The molecule has 0 unspecified atom stereocenters. The first-order valence-corrected chi connectivity index (χ1v) is 7.35. The predicted molar refractivity (Wildman–Crippen MR) is 77.9 cm³/mol. The van der Waals surface area contributed by atoms with Crippen molar-refractivity contribution in [3.63, 3.8) is 0 Å². The maximum absolute atomic E-state index is 12.5. The third-order valence-corrected chi connectivity index (χ3v) is 3.45. The van der Waals surface area contributed by atoms with Crippen molar-refractivity contribution in [2.45, 2.75) is 31.6 Å². The van der Waals surface area contributed by atoms with Crippen LogP contribution in [-0.2, 0) is 14.3 Å². The van der Waals surface area contributed by atoms with E-state index in [-0.39, 0.29) is 28.6 Å². The van der Waals surface area contributed by atoms with E-state index in [0.29, 0.717) is 0 Å². The van der Waals surface area contributed by atoms with Gasteiger partial charge in [-0.25, -0.2) is 8.78 Å². The van der Waals surface area contributed by atoms with Gasteiger partial charge in [0, 0.05) is 12.8 Å². The lowest BCUT2D eigenvalue weighted by Gasteiger charge is -2.14. The van der Waals surface area contributed by atoms with Gasteiger partial charge >= 0.3 is 24.3 Å². The number of carbonyl (C=O) groups is 2. The van der Waals surface area contributed by atoms with Crippen LogP contribution in [0.25, 0.3) is 0 Å². The van der Waals surface area contributed by atoms with Gasteiger partial charge in [-0.2, -0.15) is 8.78 Å². The quantitative estimate of drug-likeness (QED) is 0.372. The molecule has 0 atom stereocenters. The maximum Gasteiger partial charge on any atom is 0.340 e. The van der Waals surface area contributed by atoms with E-state index in [2.05, 4.69) is 4.74 Å². The van der Waals surface area contributed by atoms with Gasteiger partial charge in [-0.15, -0.1) is 0 Å². The Hall–Kier alpha value is -1.54. The molecule has 0 aliphatic carbocycles. The van der Waals surface area contributed by atoms with E-state index in [4.69, 9.17) is 27.9 Å². The van der Waals surface area contributed by atoms with Crippen LogP contribution in [0.5, 0.6) is 5.75 Å². The van der Waals surface area contributed by atoms with Gasteiger partial charge < -0.3 is 9.47 Å². The van der Waals surface area contributed by atoms with Crippen molar-refractivity contribution < 1.29 is 36.6 Å². The Balaban J connectivity index is 2.33. The second-order valence-corrected chi connectivity index (χ2v) is 5.39. The van der Waals surface area contributed by atoms with Crippen LogP contribution in [0.15, 0.2) is 18.2 Å². The lowest BCUT2D eigenvalue weighted by molar-refractivity contribution is -0.179. The van der Waals surface area contributed by atoms with E-state index in [9.17, 15) is 27.2 Å². The molecule has 1 rings (SSSR count). The molecule has 0 spiro atoms. The number of esters is 2. The fourth-order valence-electron chi connectivity index (χ4n) is 1.43. The zero-order valence-electron chi connectivity index (χ0n) is 12.0. The monoisotopic (exact) mass is 390 g/mol. The minimum Gasteiger partial charge on any atom is -0.459 e.